The molecular weight excluding hydrogens is 768 g/mol. The number of carbonyl (C=O) groups excluding carboxylic acids is 2. The van der Waals surface area contributed by atoms with Gasteiger partial charge in [0.15, 0.2) is 18.4 Å². The Morgan fingerprint density at radius 2 is 1.41 bits per heavy atom. The van der Waals surface area contributed by atoms with E-state index < -0.39 is 109 Å². The van der Waals surface area contributed by atoms with Crippen LogP contribution in [-0.2, 0) is 66.4 Å². The van der Waals surface area contributed by atoms with Crippen molar-refractivity contribution >= 4 is 11.8 Å². The Labute approximate surface area is 350 Å². The maximum Gasteiger partial charge on any atom is 0.309 e. The van der Waals surface area contributed by atoms with Crippen LogP contribution in [0.25, 0.3) is 0 Å². The minimum atomic E-state index is -2.05. The van der Waals surface area contributed by atoms with Crippen LogP contribution in [0.4, 0.5) is 0 Å². The number of hydrogen-bond donors (Lipinski definition) is 1. The third kappa shape index (κ3) is 10.7. The van der Waals surface area contributed by atoms with Crippen molar-refractivity contribution in [2.24, 2.45) is 23.2 Å². The van der Waals surface area contributed by atoms with Gasteiger partial charge in [-0.25, -0.2) is 0 Å². The van der Waals surface area contributed by atoms with Gasteiger partial charge in [-0.1, -0.05) is 71.9 Å². The molecule has 17 atom stereocenters. The van der Waals surface area contributed by atoms with Gasteiger partial charge in [-0.2, -0.15) is 0 Å². The summed E-state index contributed by atoms with van der Waals surface area (Å²) in [5.41, 5.74) is -0.805. The molecule has 0 aromatic rings. The van der Waals surface area contributed by atoms with E-state index in [4.69, 9.17) is 56.8 Å². The number of allylic oxidation sites excluding steroid dienone is 5. The van der Waals surface area contributed by atoms with E-state index in [0.717, 1.165) is 0 Å². The second kappa shape index (κ2) is 20.8. The maximum atomic E-state index is 14.1. The number of methoxy groups -OCH3 is 5. The van der Waals surface area contributed by atoms with Crippen molar-refractivity contribution in [3.05, 3.63) is 36.5 Å². The van der Waals surface area contributed by atoms with Gasteiger partial charge in [-0.3, -0.25) is 9.59 Å². The fraction of sp³-hybridized carbons (Fsp3) is 0.818. The lowest BCUT2D eigenvalue weighted by Crippen LogP contribution is -2.64. The molecule has 0 radical (unpaired) electrons. The van der Waals surface area contributed by atoms with E-state index in [9.17, 15) is 14.7 Å². The molecule has 0 unspecified atom stereocenters. The molecule has 0 spiro atoms. The van der Waals surface area contributed by atoms with Crippen molar-refractivity contribution in [2.75, 3.05) is 42.2 Å². The molecule has 5 aliphatic rings. The first-order chi connectivity index (χ1) is 28.0. The summed E-state index contributed by atoms with van der Waals surface area (Å²) < 4.78 is 74.1. The van der Waals surface area contributed by atoms with E-state index in [0.29, 0.717) is 12.3 Å². The van der Waals surface area contributed by atoms with Crippen molar-refractivity contribution in [2.45, 2.75) is 166 Å². The van der Waals surface area contributed by atoms with Gasteiger partial charge in [0, 0.05) is 65.6 Å². The quantitative estimate of drug-likeness (QED) is 0.204. The summed E-state index contributed by atoms with van der Waals surface area (Å²) in [5.74, 6) is -3.49. The zero-order valence-electron chi connectivity index (χ0n) is 37.0. The normalized spacial score (nSPS) is 43.6. The highest BCUT2D eigenvalue weighted by molar-refractivity contribution is 5.86. The Morgan fingerprint density at radius 1 is 0.746 bits per heavy atom. The van der Waals surface area contributed by atoms with Gasteiger partial charge in [-0.05, 0) is 25.3 Å². The monoisotopic (exact) mass is 838 g/mol. The summed E-state index contributed by atoms with van der Waals surface area (Å²) in [5, 5.41) is 11.9. The number of cyclic esters (lactones) is 1. The molecule has 5 saturated heterocycles. The van der Waals surface area contributed by atoms with Gasteiger partial charge in [0.1, 0.15) is 42.7 Å². The van der Waals surface area contributed by atoms with Gasteiger partial charge in [0.2, 0.25) is 5.79 Å². The van der Waals surface area contributed by atoms with Crippen LogP contribution < -0.4 is 0 Å². The van der Waals surface area contributed by atoms with Crippen molar-refractivity contribution in [3.8, 4) is 0 Å². The first-order valence-corrected chi connectivity index (χ1v) is 21.0. The predicted molar refractivity (Wildman–Crippen MR) is 214 cm³/mol. The molecule has 15 heteroatoms. The Kier molecular flexibility index (Phi) is 16.9. The molecule has 5 heterocycles. The van der Waals surface area contributed by atoms with Crippen LogP contribution in [0.1, 0.15) is 74.1 Å². The molecule has 0 aromatic carbocycles. The molecule has 0 aromatic heterocycles. The molecule has 15 nitrogen and oxygen atoms in total. The van der Waals surface area contributed by atoms with Gasteiger partial charge < -0.3 is 61.9 Å². The first kappa shape index (κ1) is 47.9. The number of hydrogen-bond acceptors (Lipinski definition) is 15. The highest BCUT2D eigenvalue weighted by Gasteiger charge is 2.57. The third-order valence-corrected chi connectivity index (χ3v) is 12.8. The Hall–Kier alpha value is -2.12. The number of ether oxygens (including phenoxy) is 12. The van der Waals surface area contributed by atoms with E-state index in [-0.39, 0.29) is 37.9 Å². The highest BCUT2D eigenvalue weighted by atomic mass is 16.8. The summed E-state index contributed by atoms with van der Waals surface area (Å²) in [6, 6.07) is 0. The molecule has 5 fully saturated rings. The summed E-state index contributed by atoms with van der Waals surface area (Å²) in [6.45, 7) is 13.8. The van der Waals surface area contributed by atoms with E-state index in [2.05, 4.69) is 19.9 Å². The zero-order valence-corrected chi connectivity index (χ0v) is 37.0. The molecule has 0 amide bonds. The smallest absolute Gasteiger partial charge is 0.309 e. The Bertz CT molecular complexity index is 1460. The van der Waals surface area contributed by atoms with Crippen LogP contribution in [0, 0.1) is 23.2 Å². The summed E-state index contributed by atoms with van der Waals surface area (Å²) >= 11 is 0. The number of ketones is 1. The molecule has 336 valence electrons. The lowest BCUT2D eigenvalue weighted by molar-refractivity contribution is -0.359. The second-order valence-corrected chi connectivity index (χ2v) is 17.6. The number of rotatable bonds is 13. The molecule has 5 aliphatic heterocycles. The summed E-state index contributed by atoms with van der Waals surface area (Å²) in [6.07, 6.45) is 2.68. The number of esters is 1. The number of aliphatic hydroxyl groups is 1. The van der Waals surface area contributed by atoms with E-state index >= 15 is 0 Å². The largest absolute Gasteiger partial charge is 0.457 e. The van der Waals surface area contributed by atoms with E-state index in [1.807, 2.05) is 58.1 Å². The van der Waals surface area contributed by atoms with Gasteiger partial charge in [0.05, 0.1) is 43.5 Å². The van der Waals surface area contributed by atoms with Gasteiger partial charge in [0.25, 0.3) is 0 Å². The second-order valence-electron chi connectivity index (χ2n) is 17.6. The van der Waals surface area contributed by atoms with Crippen LogP contribution in [0.15, 0.2) is 36.5 Å². The summed E-state index contributed by atoms with van der Waals surface area (Å²) in [4.78, 5) is 28.0. The standard InChI is InChI=1S/C44H70O15/c1-24(2)17-15-13-14-16-18-33-43(6,7)34-19-25(3)44(47,59-34)32(45)21-28-20-29(26(4)30(55-28)22-35(46)57-33)56-41-39(51-11)37(31(48-8)23-53-41)58-42-40(52-12)38(50-10)36(49-9)27(5)54-42/h13-18,24-31,33-34,36-42,47H,19-23H2,1-12H3/b14-13+,17-15+,18-16+/t25-,26+,27+,28-,29-,30-,31+,33-,34-,36+,37+,38-,39-,40-,41-,42+,44+/m0/s1. The van der Waals surface area contributed by atoms with Crippen LogP contribution in [0.5, 0.6) is 0 Å². The first-order valence-electron chi connectivity index (χ1n) is 21.0. The average molecular weight is 839 g/mol. The van der Waals surface area contributed by atoms with Gasteiger partial charge >= 0.3 is 5.97 Å². The minimum Gasteiger partial charge on any atom is -0.457 e. The number of carbonyl (C=O) groups is 2. The van der Waals surface area contributed by atoms with Crippen LogP contribution in [-0.4, -0.2) is 151 Å². The van der Waals surface area contributed by atoms with E-state index in [1.54, 1.807) is 35.4 Å². The molecular formula is C44H70O15. The van der Waals surface area contributed by atoms with Crippen LogP contribution in [0.2, 0.25) is 0 Å². The predicted octanol–water partition coefficient (Wildman–Crippen LogP) is 4.47. The fourth-order valence-electron chi connectivity index (χ4n) is 8.98. The van der Waals surface area contributed by atoms with Crippen molar-refractivity contribution in [1.29, 1.82) is 0 Å². The Morgan fingerprint density at radius 3 is 2.05 bits per heavy atom. The van der Waals surface area contributed by atoms with Crippen LogP contribution >= 0.6 is 0 Å². The average Bonchev–Trinajstić information content (AvgIpc) is 3.52. The lowest BCUT2D eigenvalue weighted by Gasteiger charge is -2.48. The number of fused-ring (bicyclic) bond motifs is 4. The lowest BCUT2D eigenvalue weighted by atomic mass is 9.77. The third-order valence-electron chi connectivity index (χ3n) is 12.8. The molecule has 4 bridgehead atoms. The molecule has 1 N–H and O–H groups in total. The minimum absolute atomic E-state index is 0.0965. The molecule has 59 heavy (non-hydrogen) atoms. The molecule has 5 rings (SSSR count). The summed E-state index contributed by atoms with van der Waals surface area (Å²) in [7, 11) is 7.83. The van der Waals surface area contributed by atoms with Crippen molar-refractivity contribution in [3.63, 3.8) is 0 Å². The zero-order chi connectivity index (χ0) is 43.2. The highest BCUT2D eigenvalue weighted by Crippen LogP contribution is 2.46. The fourth-order valence-corrected chi connectivity index (χ4v) is 8.98. The Balaban J connectivity index is 1.39. The molecule has 0 aliphatic carbocycles. The van der Waals surface area contributed by atoms with Crippen molar-refractivity contribution < 1.29 is 71.5 Å². The van der Waals surface area contributed by atoms with E-state index in [1.165, 1.54) is 7.11 Å². The van der Waals surface area contributed by atoms with Crippen LogP contribution in [0.3, 0.4) is 0 Å². The SMILES string of the molecule is CO[C@@H]1[C@H](OC)[C@@H](O[C@H]2[C@H](OC)[C@H](O[C@H]3C[C@H]4CC(=O)[C@]5(O)O[C@@H](C[C@@H]5C)C(C)(C)[C@H](/C=C/C=C/C=C/C(C)C)OC(=O)C[C@H](O4)[C@@H]3C)OC[C@H]2OC)O[C@H](C)[C@H]1OC. The number of Topliss-reactive ketones (excluding diaryl/α,β-unsaturated/α-hetero) is 1. The van der Waals surface area contributed by atoms with Gasteiger partial charge in [-0.15, -0.1) is 0 Å². The molecule has 0 saturated carbocycles. The maximum absolute atomic E-state index is 14.1. The van der Waals surface area contributed by atoms with Crippen molar-refractivity contribution in [1.82, 2.24) is 0 Å². The topological polar surface area (TPSA) is 165 Å².